The smallest absolute Gasteiger partial charge is 0.241 e. The van der Waals surface area contributed by atoms with Crippen molar-refractivity contribution in [2.75, 3.05) is 0 Å². The zero-order valence-electron chi connectivity index (χ0n) is 13.7. The van der Waals surface area contributed by atoms with Crippen LogP contribution in [0.3, 0.4) is 0 Å². The Morgan fingerprint density at radius 3 is 2.40 bits per heavy atom. The minimum atomic E-state index is 0.0575. The molecule has 0 aromatic heterocycles. The summed E-state index contributed by atoms with van der Waals surface area (Å²) in [5.74, 6) is 1.74. The summed E-state index contributed by atoms with van der Waals surface area (Å²) >= 11 is 0. The molecule has 2 fully saturated rings. The van der Waals surface area contributed by atoms with Crippen LogP contribution in [-0.2, 0) is 4.79 Å². The summed E-state index contributed by atoms with van der Waals surface area (Å²) in [6, 6.07) is 0.432. The van der Waals surface area contributed by atoms with Crippen LogP contribution in [0.4, 0.5) is 0 Å². The summed E-state index contributed by atoms with van der Waals surface area (Å²) < 4.78 is 0. The molecule has 3 heteroatoms. The van der Waals surface area contributed by atoms with Gasteiger partial charge in [-0.25, -0.2) is 0 Å². The Balaban J connectivity index is 2.05. The molecule has 20 heavy (non-hydrogen) atoms. The first-order chi connectivity index (χ1) is 9.54. The van der Waals surface area contributed by atoms with Gasteiger partial charge in [0, 0.05) is 6.04 Å². The average Bonchev–Trinajstić information content (AvgIpc) is 3.03. The van der Waals surface area contributed by atoms with Crippen LogP contribution in [0.2, 0.25) is 0 Å². The van der Waals surface area contributed by atoms with Gasteiger partial charge in [-0.05, 0) is 50.9 Å². The van der Waals surface area contributed by atoms with Crippen molar-refractivity contribution < 1.29 is 4.79 Å². The lowest BCUT2D eigenvalue weighted by Gasteiger charge is -2.34. The van der Waals surface area contributed by atoms with E-state index in [1.54, 1.807) is 0 Å². The third-order valence-corrected chi connectivity index (χ3v) is 5.12. The number of hydrogen-bond acceptors (Lipinski definition) is 2. The van der Waals surface area contributed by atoms with E-state index >= 15 is 0 Å². The topological polar surface area (TPSA) is 32.3 Å². The lowest BCUT2D eigenvalue weighted by molar-refractivity contribution is -0.132. The van der Waals surface area contributed by atoms with E-state index in [2.05, 4.69) is 37.9 Å². The molecule has 1 saturated heterocycles. The van der Waals surface area contributed by atoms with E-state index in [-0.39, 0.29) is 6.04 Å². The van der Waals surface area contributed by atoms with Gasteiger partial charge in [-0.3, -0.25) is 10.1 Å². The SMILES string of the molecule is CCC1NC(C2CCCC2)N(C(C)CCC(C)C)C1=O. The second-order valence-corrected chi connectivity index (χ2v) is 7.18. The highest BCUT2D eigenvalue weighted by Gasteiger charge is 2.44. The number of hydrogen-bond donors (Lipinski definition) is 1. The molecule has 2 aliphatic rings. The summed E-state index contributed by atoms with van der Waals surface area (Å²) in [5.41, 5.74) is 0. The monoisotopic (exact) mass is 280 g/mol. The Hall–Kier alpha value is -0.570. The highest BCUT2D eigenvalue weighted by atomic mass is 16.2. The summed E-state index contributed by atoms with van der Waals surface area (Å²) in [5, 5.41) is 3.63. The molecule has 3 unspecified atom stereocenters. The van der Waals surface area contributed by atoms with Gasteiger partial charge in [0.1, 0.15) is 0 Å². The zero-order valence-corrected chi connectivity index (χ0v) is 13.7. The summed E-state index contributed by atoms with van der Waals surface area (Å²) in [7, 11) is 0. The quantitative estimate of drug-likeness (QED) is 0.807. The Labute approximate surface area is 124 Å². The fourth-order valence-corrected chi connectivity index (χ4v) is 3.81. The van der Waals surface area contributed by atoms with Crippen molar-refractivity contribution in [2.45, 2.75) is 90.9 Å². The number of amides is 1. The molecule has 1 N–H and O–H groups in total. The van der Waals surface area contributed by atoms with Gasteiger partial charge in [0.2, 0.25) is 5.91 Å². The van der Waals surface area contributed by atoms with Crippen LogP contribution in [0.15, 0.2) is 0 Å². The van der Waals surface area contributed by atoms with E-state index in [1.807, 2.05) is 0 Å². The highest BCUT2D eigenvalue weighted by Crippen LogP contribution is 2.34. The molecular weight excluding hydrogens is 248 g/mol. The molecule has 116 valence electrons. The van der Waals surface area contributed by atoms with Crippen molar-refractivity contribution in [1.29, 1.82) is 0 Å². The number of carbonyl (C=O) groups excluding carboxylic acids is 1. The number of carbonyl (C=O) groups is 1. The summed E-state index contributed by atoms with van der Waals surface area (Å²) in [6.07, 6.45) is 8.80. The fourth-order valence-electron chi connectivity index (χ4n) is 3.81. The van der Waals surface area contributed by atoms with Gasteiger partial charge in [0.05, 0.1) is 12.2 Å². The predicted octanol–water partition coefficient (Wildman–Crippen LogP) is 3.54. The van der Waals surface area contributed by atoms with Gasteiger partial charge >= 0.3 is 0 Å². The van der Waals surface area contributed by atoms with Crippen LogP contribution in [-0.4, -0.2) is 29.1 Å². The molecule has 0 aromatic carbocycles. The van der Waals surface area contributed by atoms with Crippen molar-refractivity contribution in [3.05, 3.63) is 0 Å². The van der Waals surface area contributed by atoms with Gasteiger partial charge in [0.15, 0.2) is 0 Å². The van der Waals surface area contributed by atoms with Crippen molar-refractivity contribution in [2.24, 2.45) is 11.8 Å². The third-order valence-electron chi connectivity index (χ3n) is 5.12. The van der Waals surface area contributed by atoms with E-state index in [0.717, 1.165) is 18.8 Å². The van der Waals surface area contributed by atoms with E-state index in [0.29, 0.717) is 24.0 Å². The maximum Gasteiger partial charge on any atom is 0.241 e. The van der Waals surface area contributed by atoms with Gasteiger partial charge in [0.25, 0.3) is 0 Å². The number of nitrogens with zero attached hydrogens (tertiary/aromatic N) is 1. The van der Waals surface area contributed by atoms with E-state index in [1.165, 1.54) is 32.1 Å². The molecule has 0 spiro atoms. The first kappa shape index (κ1) is 15.8. The summed E-state index contributed by atoms with van der Waals surface area (Å²) in [6.45, 7) is 8.88. The van der Waals surface area contributed by atoms with Crippen molar-refractivity contribution in [1.82, 2.24) is 10.2 Å². The van der Waals surface area contributed by atoms with Crippen LogP contribution in [0, 0.1) is 11.8 Å². The van der Waals surface area contributed by atoms with Crippen molar-refractivity contribution >= 4 is 5.91 Å². The first-order valence-corrected chi connectivity index (χ1v) is 8.62. The molecule has 3 atom stereocenters. The van der Waals surface area contributed by atoms with E-state index in [9.17, 15) is 4.79 Å². The second-order valence-electron chi connectivity index (χ2n) is 7.18. The van der Waals surface area contributed by atoms with Gasteiger partial charge in [-0.2, -0.15) is 0 Å². The molecule has 1 aliphatic carbocycles. The van der Waals surface area contributed by atoms with Crippen LogP contribution in [0.5, 0.6) is 0 Å². The van der Waals surface area contributed by atoms with E-state index < -0.39 is 0 Å². The summed E-state index contributed by atoms with van der Waals surface area (Å²) in [4.78, 5) is 14.9. The molecule has 3 nitrogen and oxygen atoms in total. The van der Waals surface area contributed by atoms with Crippen LogP contribution in [0.25, 0.3) is 0 Å². The largest absolute Gasteiger partial charge is 0.323 e. The Morgan fingerprint density at radius 2 is 1.85 bits per heavy atom. The normalized spacial score (nSPS) is 29.6. The molecular formula is C17H32N2O. The Morgan fingerprint density at radius 1 is 1.20 bits per heavy atom. The van der Waals surface area contributed by atoms with Gasteiger partial charge in [-0.15, -0.1) is 0 Å². The molecule has 0 bridgehead atoms. The second kappa shape index (κ2) is 6.93. The van der Waals surface area contributed by atoms with Crippen LogP contribution >= 0.6 is 0 Å². The van der Waals surface area contributed by atoms with Crippen LogP contribution < -0.4 is 5.32 Å². The third kappa shape index (κ3) is 3.36. The molecule has 1 saturated carbocycles. The molecule has 1 aliphatic heterocycles. The molecule has 1 heterocycles. The lowest BCUT2D eigenvalue weighted by Crippen LogP contribution is -2.47. The van der Waals surface area contributed by atoms with E-state index in [4.69, 9.17) is 0 Å². The molecule has 0 radical (unpaired) electrons. The Bertz CT molecular complexity index is 323. The molecule has 1 amide bonds. The van der Waals surface area contributed by atoms with Crippen LogP contribution in [0.1, 0.15) is 72.6 Å². The molecule has 2 rings (SSSR count). The van der Waals surface area contributed by atoms with Gasteiger partial charge in [-0.1, -0.05) is 33.6 Å². The number of nitrogens with one attached hydrogen (secondary N) is 1. The standard InChI is InChI=1S/C17H32N2O/c1-5-15-17(20)19(13(4)11-10-12(2)3)16(18-15)14-8-6-7-9-14/h12-16,18H,5-11H2,1-4H3. The lowest BCUT2D eigenvalue weighted by atomic mass is 9.99. The maximum atomic E-state index is 12.7. The predicted molar refractivity (Wildman–Crippen MR) is 83.3 cm³/mol. The number of rotatable bonds is 6. The van der Waals surface area contributed by atoms with Gasteiger partial charge < -0.3 is 4.90 Å². The minimum absolute atomic E-state index is 0.0575. The molecule has 0 aromatic rings. The zero-order chi connectivity index (χ0) is 14.7. The fraction of sp³-hybridized carbons (Fsp3) is 0.941. The minimum Gasteiger partial charge on any atom is -0.323 e. The highest BCUT2D eigenvalue weighted by molar-refractivity contribution is 5.84. The average molecular weight is 280 g/mol. The maximum absolute atomic E-state index is 12.7. The van der Waals surface area contributed by atoms with Crippen molar-refractivity contribution in [3.8, 4) is 0 Å². The van der Waals surface area contributed by atoms with Crippen molar-refractivity contribution in [3.63, 3.8) is 0 Å². The Kier molecular flexibility index (Phi) is 5.48. The first-order valence-electron chi connectivity index (χ1n) is 8.62.